The molecule has 1 rings (SSSR count). The molecule has 1 atom stereocenters. The molecule has 0 heterocycles. The zero-order valence-electron chi connectivity index (χ0n) is 13.7. The summed E-state index contributed by atoms with van der Waals surface area (Å²) in [5, 5.41) is 29.9. The Bertz CT molecular complexity index is 478. The number of ether oxygens (including phenoxy) is 1. The summed E-state index contributed by atoms with van der Waals surface area (Å²) >= 11 is 0. The van der Waals surface area contributed by atoms with E-state index in [0.717, 1.165) is 25.9 Å². The van der Waals surface area contributed by atoms with Gasteiger partial charge < -0.3 is 14.9 Å². The van der Waals surface area contributed by atoms with Crippen molar-refractivity contribution in [2.24, 2.45) is 0 Å². The quantitative estimate of drug-likeness (QED) is 0.265. The fourth-order valence-corrected chi connectivity index (χ4v) is 2.39. The number of aromatic hydroxyl groups is 2. The minimum Gasteiger partial charge on any atom is -0.504 e. The fraction of sp³-hybridized carbons (Fsp3) is 0.647. The third-order valence-corrected chi connectivity index (χ3v) is 3.78. The summed E-state index contributed by atoms with van der Waals surface area (Å²) in [5.41, 5.74) is 0.651. The molecule has 6 nitrogen and oxygen atoms in total. The van der Waals surface area contributed by atoms with Crippen LogP contribution < -0.4 is 0 Å². The molecule has 0 aliphatic carbocycles. The van der Waals surface area contributed by atoms with Gasteiger partial charge in [0, 0.05) is 31.0 Å². The van der Waals surface area contributed by atoms with E-state index in [1.807, 2.05) is 0 Å². The highest BCUT2D eigenvalue weighted by molar-refractivity contribution is 5.40. The Hall–Kier alpha value is -1.82. The monoisotopic (exact) mass is 325 g/mol. The standard InChI is InChI=1S/C17H27NO5/c1-2-3-5-10-23-11-6-4-7-15(18(21)22)12-14-8-9-16(19)17(20)13-14/h8-9,13,15,19-20H,2-7,10-12H2,1H3. The summed E-state index contributed by atoms with van der Waals surface area (Å²) in [5.74, 6) is -0.461. The molecule has 0 aliphatic rings. The van der Waals surface area contributed by atoms with Crippen LogP contribution in [0.15, 0.2) is 18.2 Å². The number of nitro groups is 1. The number of unbranched alkanes of at least 4 members (excludes halogenated alkanes) is 3. The molecule has 0 saturated carbocycles. The summed E-state index contributed by atoms with van der Waals surface area (Å²) in [4.78, 5) is 10.9. The maximum absolute atomic E-state index is 11.2. The molecule has 0 aromatic heterocycles. The molecule has 1 aromatic rings. The van der Waals surface area contributed by atoms with Crippen LogP contribution in [0.4, 0.5) is 0 Å². The molecule has 0 radical (unpaired) electrons. The highest BCUT2D eigenvalue weighted by Gasteiger charge is 2.20. The summed E-state index contributed by atoms with van der Waals surface area (Å²) in [6.07, 6.45) is 5.69. The van der Waals surface area contributed by atoms with Gasteiger partial charge in [-0.1, -0.05) is 25.8 Å². The second-order valence-corrected chi connectivity index (χ2v) is 5.78. The molecule has 1 unspecified atom stereocenters. The van der Waals surface area contributed by atoms with Crippen LogP contribution >= 0.6 is 0 Å². The van der Waals surface area contributed by atoms with E-state index in [2.05, 4.69) is 6.92 Å². The molecule has 0 bridgehead atoms. The number of hydrogen-bond acceptors (Lipinski definition) is 5. The molecule has 0 fully saturated rings. The van der Waals surface area contributed by atoms with Crippen molar-refractivity contribution in [3.8, 4) is 11.5 Å². The lowest BCUT2D eigenvalue weighted by atomic mass is 10.0. The van der Waals surface area contributed by atoms with Crippen molar-refractivity contribution in [3.05, 3.63) is 33.9 Å². The first-order valence-corrected chi connectivity index (χ1v) is 8.26. The maximum Gasteiger partial charge on any atom is 0.217 e. The number of rotatable bonds is 12. The molecule has 6 heteroatoms. The molecular formula is C17H27NO5. The average molecular weight is 325 g/mol. The van der Waals surface area contributed by atoms with E-state index in [1.165, 1.54) is 25.0 Å². The second kappa shape index (κ2) is 10.8. The lowest BCUT2D eigenvalue weighted by molar-refractivity contribution is -0.523. The molecule has 0 amide bonds. The van der Waals surface area contributed by atoms with Crippen LogP contribution in [-0.2, 0) is 11.2 Å². The van der Waals surface area contributed by atoms with Crippen molar-refractivity contribution < 1.29 is 19.9 Å². The van der Waals surface area contributed by atoms with Gasteiger partial charge in [0.25, 0.3) is 0 Å². The number of nitrogens with zero attached hydrogens (tertiary/aromatic N) is 1. The first-order chi connectivity index (χ1) is 11.0. The molecule has 2 N–H and O–H groups in total. The molecule has 0 saturated heterocycles. The molecule has 23 heavy (non-hydrogen) atoms. The molecule has 1 aromatic carbocycles. The van der Waals surface area contributed by atoms with Crippen molar-refractivity contribution in [3.63, 3.8) is 0 Å². The molecule has 130 valence electrons. The number of benzene rings is 1. The van der Waals surface area contributed by atoms with Crippen LogP contribution in [0.1, 0.15) is 51.0 Å². The van der Waals surface area contributed by atoms with Crippen LogP contribution in [0.3, 0.4) is 0 Å². The topological polar surface area (TPSA) is 92.8 Å². The zero-order valence-corrected chi connectivity index (χ0v) is 13.7. The molecule has 0 aliphatic heterocycles. The largest absolute Gasteiger partial charge is 0.504 e. The van der Waals surface area contributed by atoms with Crippen LogP contribution in [0.5, 0.6) is 11.5 Å². The Morgan fingerprint density at radius 3 is 2.43 bits per heavy atom. The van der Waals surface area contributed by atoms with Crippen LogP contribution in [0, 0.1) is 10.1 Å². The predicted octanol–water partition coefficient (Wildman–Crippen LogP) is 3.66. The predicted molar refractivity (Wildman–Crippen MR) is 88.5 cm³/mol. The lowest BCUT2D eigenvalue weighted by Gasteiger charge is -2.10. The van der Waals surface area contributed by atoms with Crippen LogP contribution in [0.2, 0.25) is 0 Å². The Morgan fingerprint density at radius 2 is 1.83 bits per heavy atom. The van der Waals surface area contributed by atoms with E-state index in [9.17, 15) is 20.3 Å². The first-order valence-electron chi connectivity index (χ1n) is 8.26. The van der Waals surface area contributed by atoms with Crippen LogP contribution in [0.25, 0.3) is 0 Å². The minimum absolute atomic E-state index is 0.216. The first kappa shape index (κ1) is 19.2. The van der Waals surface area contributed by atoms with Crippen molar-refractivity contribution >= 4 is 0 Å². The smallest absolute Gasteiger partial charge is 0.217 e. The van der Waals surface area contributed by atoms with Crippen LogP contribution in [-0.4, -0.2) is 34.4 Å². The fourth-order valence-electron chi connectivity index (χ4n) is 2.39. The van der Waals surface area contributed by atoms with Gasteiger partial charge >= 0.3 is 0 Å². The van der Waals surface area contributed by atoms with E-state index in [0.29, 0.717) is 18.6 Å². The summed E-state index contributed by atoms with van der Waals surface area (Å²) in [7, 11) is 0. The highest BCUT2D eigenvalue weighted by atomic mass is 16.6. The minimum atomic E-state index is -0.681. The van der Waals surface area contributed by atoms with Crippen molar-refractivity contribution in [1.29, 1.82) is 0 Å². The van der Waals surface area contributed by atoms with Gasteiger partial charge in [-0.25, -0.2) is 0 Å². The second-order valence-electron chi connectivity index (χ2n) is 5.78. The van der Waals surface area contributed by atoms with E-state index >= 15 is 0 Å². The van der Waals surface area contributed by atoms with Gasteiger partial charge in [0.05, 0.1) is 0 Å². The molecule has 0 spiro atoms. The van der Waals surface area contributed by atoms with Gasteiger partial charge in [-0.05, 0) is 37.0 Å². The highest BCUT2D eigenvalue weighted by Crippen LogP contribution is 2.26. The summed E-state index contributed by atoms with van der Waals surface area (Å²) in [6, 6.07) is 3.65. The van der Waals surface area contributed by atoms with Crippen molar-refractivity contribution in [2.75, 3.05) is 13.2 Å². The Labute approximate surface area is 137 Å². The third kappa shape index (κ3) is 7.83. The van der Waals surface area contributed by atoms with E-state index in [-0.39, 0.29) is 22.8 Å². The van der Waals surface area contributed by atoms with Gasteiger partial charge in [0.1, 0.15) is 0 Å². The average Bonchev–Trinajstić information content (AvgIpc) is 2.52. The Kier molecular flexibility index (Phi) is 9.05. The normalized spacial score (nSPS) is 12.2. The van der Waals surface area contributed by atoms with Gasteiger partial charge in [-0.2, -0.15) is 0 Å². The summed E-state index contributed by atoms with van der Waals surface area (Å²) < 4.78 is 5.49. The Morgan fingerprint density at radius 1 is 1.13 bits per heavy atom. The maximum atomic E-state index is 11.2. The number of phenols is 2. The van der Waals surface area contributed by atoms with E-state index < -0.39 is 6.04 Å². The van der Waals surface area contributed by atoms with E-state index in [1.54, 1.807) is 6.07 Å². The number of phenolic OH excluding ortho intramolecular Hbond substituents is 2. The van der Waals surface area contributed by atoms with Gasteiger partial charge in [-0.3, -0.25) is 10.1 Å². The number of hydrogen-bond donors (Lipinski definition) is 2. The van der Waals surface area contributed by atoms with Crippen molar-refractivity contribution in [2.45, 2.75) is 57.9 Å². The van der Waals surface area contributed by atoms with E-state index in [4.69, 9.17) is 4.74 Å². The summed E-state index contributed by atoms with van der Waals surface area (Å²) in [6.45, 7) is 3.55. The zero-order chi connectivity index (χ0) is 17.1. The van der Waals surface area contributed by atoms with Crippen molar-refractivity contribution in [1.82, 2.24) is 0 Å². The Balaban J connectivity index is 2.29. The van der Waals surface area contributed by atoms with Gasteiger partial charge in [-0.15, -0.1) is 0 Å². The lowest BCUT2D eigenvalue weighted by Crippen LogP contribution is -2.22. The molecular weight excluding hydrogens is 298 g/mol. The van der Waals surface area contributed by atoms with Gasteiger partial charge in [0.2, 0.25) is 6.04 Å². The SMILES string of the molecule is CCCCCOCCCCC(Cc1ccc(O)c(O)c1)[N+](=O)[O-]. The van der Waals surface area contributed by atoms with Gasteiger partial charge in [0.15, 0.2) is 11.5 Å². The third-order valence-electron chi connectivity index (χ3n) is 3.78.